The van der Waals surface area contributed by atoms with E-state index in [1.54, 1.807) is 48.5 Å². The van der Waals surface area contributed by atoms with Gasteiger partial charge in [0.2, 0.25) is 11.8 Å². The molecule has 208 valence electrons. The lowest BCUT2D eigenvalue weighted by Gasteiger charge is -2.32. The number of ether oxygens (including phenoxy) is 1. The van der Waals surface area contributed by atoms with E-state index in [2.05, 4.69) is 20.6 Å². The fourth-order valence-corrected chi connectivity index (χ4v) is 4.91. The van der Waals surface area contributed by atoms with Gasteiger partial charge in [-0.15, -0.1) is 0 Å². The first-order valence-corrected chi connectivity index (χ1v) is 13.8. The molecular weight excluding hydrogens is 556 g/mol. The van der Waals surface area contributed by atoms with Crippen LogP contribution in [0, 0.1) is 10.1 Å². The number of pyridine rings is 1. The third-order valence-electron chi connectivity index (χ3n) is 5.68. The molecule has 0 bridgehead atoms. The molecule has 0 aliphatic carbocycles. The minimum atomic E-state index is -0.685. The van der Waals surface area contributed by atoms with Crippen LogP contribution >= 0.6 is 23.4 Å². The summed E-state index contributed by atoms with van der Waals surface area (Å²) in [5, 5.41) is 17.0. The van der Waals surface area contributed by atoms with Crippen LogP contribution in [0.2, 0.25) is 5.02 Å². The van der Waals surface area contributed by atoms with Gasteiger partial charge in [0.05, 0.1) is 17.2 Å². The average molecular weight is 583 g/mol. The molecule has 1 aromatic heterocycles. The minimum Gasteiger partial charge on any atom is -0.494 e. The zero-order chi connectivity index (χ0) is 28.5. The first kappa shape index (κ1) is 28.8. The van der Waals surface area contributed by atoms with Gasteiger partial charge in [0, 0.05) is 36.3 Å². The molecule has 4 rings (SSSR count). The van der Waals surface area contributed by atoms with Crippen molar-refractivity contribution in [1.29, 1.82) is 0 Å². The lowest BCUT2D eigenvalue weighted by atomic mass is 10.2. The number of rotatable bonds is 11. The second-order valence-electron chi connectivity index (χ2n) is 8.67. The van der Waals surface area contributed by atoms with Crippen molar-refractivity contribution in [2.45, 2.75) is 25.0 Å². The maximum Gasteiger partial charge on any atom is 0.287 e. The van der Waals surface area contributed by atoms with E-state index in [0.29, 0.717) is 46.3 Å². The number of anilines is 2. The lowest BCUT2D eigenvalue weighted by Crippen LogP contribution is -2.46. The monoisotopic (exact) mass is 582 g/mol. The number of nitrogens with zero attached hydrogens (tertiary/aromatic N) is 4. The third-order valence-corrected chi connectivity index (χ3v) is 7.12. The van der Waals surface area contributed by atoms with E-state index >= 15 is 0 Å². The Labute approximate surface area is 240 Å². The number of benzene rings is 2. The van der Waals surface area contributed by atoms with Crippen LogP contribution in [0.3, 0.4) is 0 Å². The van der Waals surface area contributed by atoms with Crippen LogP contribution in [0.5, 0.6) is 5.75 Å². The smallest absolute Gasteiger partial charge is 0.287 e. The Balaban J connectivity index is 1.45. The number of aliphatic imine (C=N–C) groups is 1. The Bertz CT molecular complexity index is 1370. The van der Waals surface area contributed by atoms with Gasteiger partial charge in [0.15, 0.2) is 5.17 Å². The van der Waals surface area contributed by atoms with E-state index in [4.69, 9.17) is 16.3 Å². The first-order valence-electron chi connectivity index (χ1n) is 12.5. The average Bonchev–Trinajstić information content (AvgIpc) is 2.95. The van der Waals surface area contributed by atoms with E-state index in [1.165, 1.54) is 28.8 Å². The van der Waals surface area contributed by atoms with Gasteiger partial charge in [-0.25, -0.2) is 9.98 Å². The Morgan fingerprint density at radius 3 is 2.60 bits per heavy atom. The second-order valence-corrected chi connectivity index (χ2v) is 10.3. The second kappa shape index (κ2) is 13.8. The summed E-state index contributed by atoms with van der Waals surface area (Å²) in [5.41, 5.74) is 1.06. The number of hydrogen-bond donors (Lipinski definition) is 2. The molecule has 2 N–H and O–H groups in total. The van der Waals surface area contributed by atoms with E-state index in [1.807, 2.05) is 6.92 Å². The molecule has 1 aliphatic rings. The van der Waals surface area contributed by atoms with Gasteiger partial charge in [-0.1, -0.05) is 30.3 Å². The number of nitro groups is 1. The van der Waals surface area contributed by atoms with E-state index in [9.17, 15) is 19.7 Å². The van der Waals surface area contributed by atoms with Crippen molar-refractivity contribution < 1.29 is 19.2 Å². The van der Waals surface area contributed by atoms with Crippen LogP contribution in [0.15, 0.2) is 71.9 Å². The van der Waals surface area contributed by atoms with Crippen molar-refractivity contribution in [3.63, 3.8) is 0 Å². The normalized spacial score (nSPS) is 16.1. The Hall–Kier alpha value is -4.16. The summed E-state index contributed by atoms with van der Waals surface area (Å²) in [6.07, 6.45) is 2.04. The van der Waals surface area contributed by atoms with Gasteiger partial charge in [0.25, 0.3) is 5.69 Å². The molecule has 0 saturated carbocycles. The molecule has 1 aliphatic heterocycles. The fraction of sp³-hybridized carbons (Fsp3) is 0.259. The van der Waals surface area contributed by atoms with Gasteiger partial charge in [0.1, 0.15) is 23.0 Å². The molecule has 40 heavy (non-hydrogen) atoms. The van der Waals surface area contributed by atoms with Crippen LogP contribution in [0.4, 0.5) is 22.9 Å². The Morgan fingerprint density at radius 1 is 1.20 bits per heavy atom. The van der Waals surface area contributed by atoms with Gasteiger partial charge >= 0.3 is 0 Å². The molecule has 0 radical (unpaired) electrons. The maximum absolute atomic E-state index is 13.2. The lowest BCUT2D eigenvalue weighted by molar-refractivity contribution is -0.385. The third kappa shape index (κ3) is 7.93. The molecule has 1 atom stereocenters. The van der Waals surface area contributed by atoms with Crippen molar-refractivity contribution in [3.05, 3.63) is 82.0 Å². The number of carbonyl (C=O) groups is 2. The fourth-order valence-electron chi connectivity index (χ4n) is 3.66. The van der Waals surface area contributed by atoms with Gasteiger partial charge in [-0.3, -0.25) is 24.6 Å². The number of aromatic nitrogens is 1. The zero-order valence-electron chi connectivity index (χ0n) is 21.6. The molecule has 0 spiro atoms. The predicted molar refractivity (Wildman–Crippen MR) is 156 cm³/mol. The van der Waals surface area contributed by atoms with Gasteiger partial charge < -0.3 is 15.4 Å². The minimum absolute atomic E-state index is 0.0103. The molecule has 2 aromatic carbocycles. The number of amidine groups is 1. The summed E-state index contributed by atoms with van der Waals surface area (Å²) in [6.45, 7) is 3.18. The van der Waals surface area contributed by atoms with E-state index in [0.717, 1.165) is 12.6 Å². The molecule has 1 fully saturated rings. The maximum atomic E-state index is 13.2. The molecule has 13 heteroatoms. The Kier molecular flexibility index (Phi) is 9.92. The highest BCUT2D eigenvalue weighted by molar-refractivity contribution is 8.15. The van der Waals surface area contributed by atoms with Crippen LogP contribution in [0.1, 0.15) is 19.8 Å². The molecule has 1 saturated heterocycles. The number of thioether (sulfide) groups is 1. The van der Waals surface area contributed by atoms with Crippen LogP contribution in [-0.4, -0.2) is 56.7 Å². The highest BCUT2D eigenvalue weighted by atomic mass is 35.5. The van der Waals surface area contributed by atoms with Gasteiger partial charge in [-0.2, -0.15) is 0 Å². The predicted octanol–water partition coefficient (Wildman–Crippen LogP) is 5.50. The summed E-state index contributed by atoms with van der Waals surface area (Å²) < 4.78 is 5.58. The van der Waals surface area contributed by atoms with Crippen molar-refractivity contribution in [2.24, 2.45) is 4.99 Å². The summed E-state index contributed by atoms with van der Waals surface area (Å²) >= 11 is 7.21. The van der Waals surface area contributed by atoms with Crippen molar-refractivity contribution in [2.75, 3.05) is 30.3 Å². The standard InChI is InChI=1S/C27H27ClN6O5S/c1-2-15-39-22-10-7-19(8-11-22)31-26(36)23-16-25(35)33(27(40-23)32-20-5-3-18(28)4-6-20)14-13-29-24-12-9-21(17-30-24)34(37)38/h3-12,17,23H,2,13-16H2,1H3,(H,29,30)(H,31,36). The molecular formula is C27H27ClN6O5S. The summed E-state index contributed by atoms with van der Waals surface area (Å²) in [6, 6.07) is 16.8. The zero-order valence-corrected chi connectivity index (χ0v) is 23.2. The van der Waals surface area contributed by atoms with Gasteiger partial charge in [-0.05, 0) is 61.0 Å². The van der Waals surface area contributed by atoms with Crippen molar-refractivity contribution in [3.8, 4) is 5.75 Å². The van der Waals surface area contributed by atoms with Crippen molar-refractivity contribution in [1.82, 2.24) is 9.88 Å². The van der Waals surface area contributed by atoms with E-state index < -0.39 is 10.2 Å². The molecule has 1 unspecified atom stereocenters. The van der Waals surface area contributed by atoms with Crippen LogP contribution in [0.25, 0.3) is 0 Å². The molecule has 11 nitrogen and oxygen atoms in total. The quantitative estimate of drug-likeness (QED) is 0.223. The summed E-state index contributed by atoms with van der Waals surface area (Å²) in [5.74, 6) is 0.584. The number of hydrogen-bond acceptors (Lipinski definition) is 9. The molecule has 3 aromatic rings. The SMILES string of the molecule is CCCOc1ccc(NC(=O)C2CC(=O)N(CCNc3ccc([N+](=O)[O-])cn3)C(=Nc3ccc(Cl)cc3)S2)cc1. The van der Waals surface area contributed by atoms with Crippen LogP contribution < -0.4 is 15.4 Å². The number of nitrogens with one attached hydrogen (secondary N) is 2. The largest absolute Gasteiger partial charge is 0.494 e. The highest BCUT2D eigenvalue weighted by Gasteiger charge is 2.35. The number of carbonyl (C=O) groups excluding carboxylic acids is 2. The summed E-state index contributed by atoms with van der Waals surface area (Å²) in [7, 11) is 0. The topological polar surface area (TPSA) is 139 Å². The van der Waals surface area contributed by atoms with E-state index in [-0.39, 0.29) is 30.5 Å². The number of halogens is 1. The Morgan fingerprint density at radius 2 is 1.95 bits per heavy atom. The number of amides is 2. The molecule has 2 heterocycles. The summed E-state index contributed by atoms with van der Waals surface area (Å²) in [4.78, 5) is 46.8. The van der Waals surface area contributed by atoms with Crippen LogP contribution in [-0.2, 0) is 9.59 Å². The molecule has 2 amide bonds. The highest BCUT2D eigenvalue weighted by Crippen LogP contribution is 2.30. The first-order chi connectivity index (χ1) is 19.3. The van der Waals surface area contributed by atoms with Crippen molar-refractivity contribution >= 4 is 63.2 Å².